The lowest BCUT2D eigenvalue weighted by molar-refractivity contribution is 0.405. The maximum Gasteiger partial charge on any atom is 0.137 e. The quantitative estimate of drug-likeness (QED) is 0.617. The summed E-state index contributed by atoms with van der Waals surface area (Å²) in [5, 5.41) is 3.76. The minimum absolute atomic E-state index is 0.514. The van der Waals surface area contributed by atoms with Crippen molar-refractivity contribution in [1.29, 1.82) is 0 Å². The lowest BCUT2D eigenvalue weighted by Gasteiger charge is -2.11. The van der Waals surface area contributed by atoms with E-state index >= 15 is 0 Å². The van der Waals surface area contributed by atoms with E-state index in [0.29, 0.717) is 5.15 Å². The van der Waals surface area contributed by atoms with Gasteiger partial charge < -0.3 is 10.2 Å². The molecular formula is C10H17ClN4. The summed E-state index contributed by atoms with van der Waals surface area (Å²) in [4.78, 5) is 10.2. The van der Waals surface area contributed by atoms with E-state index in [2.05, 4.69) is 34.3 Å². The maximum absolute atomic E-state index is 5.88. The lowest BCUT2D eigenvalue weighted by atomic mass is 10.3. The number of hydrogen-bond donors (Lipinski definition) is 1. The molecule has 1 rings (SSSR count). The molecule has 0 amide bonds. The first-order chi connectivity index (χ1) is 7.11. The monoisotopic (exact) mass is 228 g/mol. The van der Waals surface area contributed by atoms with Gasteiger partial charge in [-0.2, -0.15) is 0 Å². The van der Waals surface area contributed by atoms with Crippen molar-refractivity contribution in [2.75, 3.05) is 32.5 Å². The molecule has 0 aromatic carbocycles. The standard InChI is InChI=1S/C10H17ClN4/c1-8-9(11)13-7-14-10(8)12-5-4-6-15(2)3/h7H,4-6H2,1-3H3,(H,12,13,14). The van der Waals surface area contributed by atoms with E-state index < -0.39 is 0 Å². The molecule has 4 nitrogen and oxygen atoms in total. The van der Waals surface area contributed by atoms with Crippen molar-refractivity contribution in [3.63, 3.8) is 0 Å². The van der Waals surface area contributed by atoms with E-state index in [1.54, 1.807) is 0 Å². The molecule has 0 fully saturated rings. The van der Waals surface area contributed by atoms with Crippen molar-refractivity contribution >= 4 is 17.4 Å². The van der Waals surface area contributed by atoms with Crippen LogP contribution in [0, 0.1) is 6.92 Å². The largest absolute Gasteiger partial charge is 0.370 e. The molecule has 0 spiro atoms. The molecule has 0 saturated carbocycles. The molecule has 1 heterocycles. The second-order valence-electron chi connectivity index (χ2n) is 3.72. The van der Waals surface area contributed by atoms with Crippen LogP contribution < -0.4 is 5.32 Å². The third kappa shape index (κ3) is 4.01. The Labute approximate surface area is 95.7 Å². The Morgan fingerprint density at radius 3 is 2.80 bits per heavy atom. The summed E-state index contributed by atoms with van der Waals surface area (Å²) in [6.07, 6.45) is 2.55. The Kier molecular flexibility index (Phi) is 4.78. The van der Waals surface area contributed by atoms with Gasteiger partial charge in [0.2, 0.25) is 0 Å². The van der Waals surface area contributed by atoms with Crippen LogP contribution in [0.5, 0.6) is 0 Å². The number of rotatable bonds is 5. The highest BCUT2D eigenvalue weighted by Gasteiger charge is 2.03. The number of halogens is 1. The van der Waals surface area contributed by atoms with Crippen molar-refractivity contribution < 1.29 is 0 Å². The molecule has 0 saturated heterocycles. The molecule has 0 aliphatic heterocycles. The molecule has 1 aromatic rings. The first-order valence-corrected chi connectivity index (χ1v) is 5.34. The fourth-order valence-corrected chi connectivity index (χ4v) is 1.34. The van der Waals surface area contributed by atoms with E-state index in [9.17, 15) is 0 Å². The molecule has 1 N–H and O–H groups in total. The molecule has 0 radical (unpaired) electrons. The third-order valence-electron chi connectivity index (χ3n) is 2.10. The summed E-state index contributed by atoms with van der Waals surface area (Å²) in [7, 11) is 4.12. The Bertz CT molecular complexity index is 314. The zero-order chi connectivity index (χ0) is 11.3. The fraction of sp³-hybridized carbons (Fsp3) is 0.600. The van der Waals surface area contributed by atoms with Gasteiger partial charge in [0.1, 0.15) is 17.3 Å². The van der Waals surface area contributed by atoms with Gasteiger partial charge in [0, 0.05) is 12.1 Å². The van der Waals surface area contributed by atoms with Crippen LogP contribution in [0.1, 0.15) is 12.0 Å². The van der Waals surface area contributed by atoms with Crippen LogP contribution in [0.2, 0.25) is 5.15 Å². The zero-order valence-electron chi connectivity index (χ0n) is 9.42. The minimum atomic E-state index is 0.514. The number of anilines is 1. The number of nitrogens with one attached hydrogen (secondary N) is 1. The second-order valence-corrected chi connectivity index (χ2v) is 4.08. The van der Waals surface area contributed by atoms with Crippen LogP contribution in [0.15, 0.2) is 6.33 Å². The third-order valence-corrected chi connectivity index (χ3v) is 2.48. The number of aromatic nitrogens is 2. The van der Waals surface area contributed by atoms with Crippen LogP contribution in [0.25, 0.3) is 0 Å². The van der Waals surface area contributed by atoms with Crippen LogP contribution in [-0.4, -0.2) is 42.1 Å². The van der Waals surface area contributed by atoms with Crippen molar-refractivity contribution in [3.8, 4) is 0 Å². The highest BCUT2D eigenvalue weighted by Crippen LogP contribution is 2.17. The van der Waals surface area contributed by atoms with Crippen LogP contribution >= 0.6 is 11.6 Å². The predicted molar refractivity (Wildman–Crippen MR) is 63.4 cm³/mol. The van der Waals surface area contributed by atoms with Crippen molar-refractivity contribution in [2.24, 2.45) is 0 Å². The summed E-state index contributed by atoms with van der Waals surface area (Å²) in [5.41, 5.74) is 0.906. The Hall–Kier alpha value is -0.870. The van der Waals surface area contributed by atoms with Gasteiger partial charge in [-0.05, 0) is 34.0 Å². The average Bonchev–Trinajstić information content (AvgIpc) is 2.18. The van der Waals surface area contributed by atoms with E-state index in [1.807, 2.05) is 6.92 Å². The van der Waals surface area contributed by atoms with Crippen LogP contribution in [0.3, 0.4) is 0 Å². The van der Waals surface area contributed by atoms with E-state index in [4.69, 9.17) is 11.6 Å². The van der Waals surface area contributed by atoms with Gasteiger partial charge >= 0.3 is 0 Å². The molecular weight excluding hydrogens is 212 g/mol. The molecule has 0 unspecified atom stereocenters. The minimum Gasteiger partial charge on any atom is -0.370 e. The van der Waals surface area contributed by atoms with Crippen molar-refractivity contribution in [3.05, 3.63) is 17.0 Å². The molecule has 0 bridgehead atoms. The molecule has 1 aromatic heterocycles. The van der Waals surface area contributed by atoms with Gasteiger partial charge in [0.25, 0.3) is 0 Å². The van der Waals surface area contributed by atoms with Crippen molar-refractivity contribution in [1.82, 2.24) is 14.9 Å². The number of hydrogen-bond acceptors (Lipinski definition) is 4. The SMILES string of the molecule is Cc1c(Cl)ncnc1NCCCN(C)C. The second kappa shape index (κ2) is 5.88. The highest BCUT2D eigenvalue weighted by atomic mass is 35.5. The molecule has 0 aliphatic rings. The van der Waals surface area contributed by atoms with E-state index in [-0.39, 0.29) is 0 Å². The first-order valence-electron chi connectivity index (χ1n) is 4.97. The van der Waals surface area contributed by atoms with Gasteiger partial charge in [-0.25, -0.2) is 9.97 Å². The van der Waals surface area contributed by atoms with Gasteiger partial charge in [-0.15, -0.1) is 0 Å². The Balaban J connectivity index is 2.41. The summed E-state index contributed by atoms with van der Waals surface area (Å²) in [6.45, 7) is 3.87. The van der Waals surface area contributed by atoms with Gasteiger partial charge in [0.15, 0.2) is 0 Å². The smallest absolute Gasteiger partial charge is 0.137 e. The summed E-state index contributed by atoms with van der Waals surface area (Å²) in [6, 6.07) is 0. The molecule has 0 aliphatic carbocycles. The Morgan fingerprint density at radius 1 is 1.40 bits per heavy atom. The van der Waals surface area contributed by atoms with E-state index in [1.165, 1.54) is 6.33 Å². The maximum atomic E-state index is 5.88. The van der Waals surface area contributed by atoms with E-state index in [0.717, 1.165) is 30.9 Å². The number of nitrogens with zero attached hydrogens (tertiary/aromatic N) is 3. The van der Waals surface area contributed by atoms with Gasteiger partial charge in [-0.3, -0.25) is 0 Å². The highest BCUT2D eigenvalue weighted by molar-refractivity contribution is 6.30. The fourth-order valence-electron chi connectivity index (χ4n) is 1.21. The van der Waals surface area contributed by atoms with Gasteiger partial charge in [-0.1, -0.05) is 11.6 Å². The van der Waals surface area contributed by atoms with Crippen LogP contribution in [-0.2, 0) is 0 Å². The summed E-state index contributed by atoms with van der Waals surface area (Å²) in [5.74, 6) is 0.828. The first kappa shape index (κ1) is 12.2. The normalized spacial score (nSPS) is 10.7. The predicted octanol–water partition coefficient (Wildman–Crippen LogP) is 1.80. The summed E-state index contributed by atoms with van der Waals surface area (Å²) < 4.78 is 0. The zero-order valence-corrected chi connectivity index (χ0v) is 10.2. The topological polar surface area (TPSA) is 41.1 Å². The lowest BCUT2D eigenvalue weighted by Crippen LogP contribution is -2.17. The molecule has 84 valence electrons. The van der Waals surface area contributed by atoms with Gasteiger partial charge in [0.05, 0.1) is 0 Å². The molecule has 5 heteroatoms. The molecule has 15 heavy (non-hydrogen) atoms. The van der Waals surface area contributed by atoms with Crippen LogP contribution in [0.4, 0.5) is 5.82 Å². The average molecular weight is 229 g/mol. The summed E-state index contributed by atoms with van der Waals surface area (Å²) >= 11 is 5.88. The molecule has 0 atom stereocenters. The Morgan fingerprint density at radius 2 is 2.13 bits per heavy atom. The van der Waals surface area contributed by atoms with Crippen molar-refractivity contribution in [2.45, 2.75) is 13.3 Å².